The number of piperidine rings is 1. The zero-order chi connectivity index (χ0) is 13.4. The first kappa shape index (κ1) is 15.0. The third-order valence-corrected chi connectivity index (χ3v) is 3.53. The highest BCUT2D eigenvalue weighted by atomic mass is 16.2. The molecule has 104 valence electrons. The van der Waals surface area contributed by atoms with Crippen LogP contribution in [0, 0.1) is 5.92 Å². The Bertz CT molecular complexity index is 269. The number of amides is 2. The van der Waals surface area contributed by atoms with Crippen molar-refractivity contribution in [3.63, 3.8) is 0 Å². The first-order valence-corrected chi connectivity index (χ1v) is 7.24. The van der Waals surface area contributed by atoms with Gasteiger partial charge in [0, 0.05) is 19.0 Å². The number of hydrogen-bond acceptors (Lipinski definition) is 2. The Labute approximate surface area is 110 Å². The fraction of sp³-hybridized carbons (Fsp3) is 0.857. The van der Waals surface area contributed by atoms with Gasteiger partial charge in [0.1, 0.15) is 0 Å². The summed E-state index contributed by atoms with van der Waals surface area (Å²) in [7, 11) is 0. The van der Waals surface area contributed by atoms with E-state index in [0.717, 1.165) is 32.1 Å². The SMILES string of the molecule is CCCCC(CCC)NC(=O)C1CCC(=O)NC1. The predicted octanol–water partition coefficient (Wildman–Crippen LogP) is 1.99. The smallest absolute Gasteiger partial charge is 0.225 e. The van der Waals surface area contributed by atoms with Crippen LogP contribution in [0.3, 0.4) is 0 Å². The lowest BCUT2D eigenvalue weighted by atomic mass is 9.97. The van der Waals surface area contributed by atoms with Crippen molar-refractivity contribution < 1.29 is 9.59 Å². The standard InChI is InChI=1S/C14H26N2O2/c1-3-5-7-12(6-4-2)16-14(18)11-8-9-13(17)15-10-11/h11-12H,3-10H2,1-2H3,(H,15,17)(H,16,18). The molecule has 1 heterocycles. The Morgan fingerprint density at radius 1 is 1.39 bits per heavy atom. The maximum absolute atomic E-state index is 12.1. The second-order valence-corrected chi connectivity index (χ2v) is 5.18. The third kappa shape index (κ3) is 5.07. The summed E-state index contributed by atoms with van der Waals surface area (Å²) < 4.78 is 0. The summed E-state index contributed by atoms with van der Waals surface area (Å²) in [4.78, 5) is 23.1. The van der Waals surface area contributed by atoms with Crippen LogP contribution in [0.5, 0.6) is 0 Å². The molecule has 0 aromatic heterocycles. The van der Waals surface area contributed by atoms with Gasteiger partial charge in [-0.1, -0.05) is 33.1 Å². The minimum Gasteiger partial charge on any atom is -0.355 e. The van der Waals surface area contributed by atoms with Crippen molar-refractivity contribution in [2.45, 2.75) is 64.8 Å². The van der Waals surface area contributed by atoms with E-state index in [4.69, 9.17) is 0 Å². The van der Waals surface area contributed by atoms with Gasteiger partial charge >= 0.3 is 0 Å². The molecule has 1 aliphatic heterocycles. The molecule has 2 unspecified atom stereocenters. The van der Waals surface area contributed by atoms with Gasteiger partial charge in [0.25, 0.3) is 0 Å². The molecule has 18 heavy (non-hydrogen) atoms. The first-order valence-electron chi connectivity index (χ1n) is 7.24. The highest BCUT2D eigenvalue weighted by molar-refractivity contribution is 5.83. The number of rotatable bonds is 7. The van der Waals surface area contributed by atoms with Gasteiger partial charge in [-0.2, -0.15) is 0 Å². The van der Waals surface area contributed by atoms with E-state index in [1.54, 1.807) is 0 Å². The summed E-state index contributed by atoms with van der Waals surface area (Å²) in [6.07, 6.45) is 6.69. The average Bonchev–Trinajstić information content (AvgIpc) is 2.37. The van der Waals surface area contributed by atoms with Crippen LogP contribution in [0.1, 0.15) is 58.8 Å². The molecule has 0 aliphatic carbocycles. The lowest BCUT2D eigenvalue weighted by Gasteiger charge is -2.25. The molecule has 1 saturated heterocycles. The summed E-state index contributed by atoms with van der Waals surface area (Å²) in [5.41, 5.74) is 0. The zero-order valence-corrected chi connectivity index (χ0v) is 11.6. The molecular weight excluding hydrogens is 228 g/mol. The molecule has 4 heteroatoms. The van der Waals surface area contributed by atoms with Gasteiger partial charge in [0.15, 0.2) is 0 Å². The van der Waals surface area contributed by atoms with Crippen molar-refractivity contribution in [3.05, 3.63) is 0 Å². The summed E-state index contributed by atoms with van der Waals surface area (Å²) >= 11 is 0. The Balaban J connectivity index is 2.37. The summed E-state index contributed by atoms with van der Waals surface area (Å²) in [5, 5.41) is 5.91. The van der Waals surface area contributed by atoms with Crippen LogP contribution in [-0.4, -0.2) is 24.4 Å². The largest absolute Gasteiger partial charge is 0.355 e. The maximum atomic E-state index is 12.1. The van der Waals surface area contributed by atoms with Crippen LogP contribution in [0.15, 0.2) is 0 Å². The summed E-state index contributed by atoms with van der Waals surface area (Å²) in [6.45, 7) is 4.81. The lowest BCUT2D eigenvalue weighted by molar-refractivity contribution is -0.129. The monoisotopic (exact) mass is 254 g/mol. The fourth-order valence-electron chi connectivity index (χ4n) is 2.36. The van der Waals surface area contributed by atoms with E-state index in [9.17, 15) is 9.59 Å². The van der Waals surface area contributed by atoms with E-state index in [1.165, 1.54) is 0 Å². The number of hydrogen-bond donors (Lipinski definition) is 2. The van der Waals surface area contributed by atoms with E-state index in [-0.39, 0.29) is 17.7 Å². The quantitative estimate of drug-likeness (QED) is 0.730. The van der Waals surface area contributed by atoms with Crippen molar-refractivity contribution in [2.75, 3.05) is 6.54 Å². The molecule has 0 aromatic carbocycles. The third-order valence-electron chi connectivity index (χ3n) is 3.53. The summed E-state index contributed by atoms with van der Waals surface area (Å²) in [5.74, 6) is 0.142. The Morgan fingerprint density at radius 3 is 2.72 bits per heavy atom. The van der Waals surface area contributed by atoms with Crippen molar-refractivity contribution in [1.29, 1.82) is 0 Å². The van der Waals surface area contributed by atoms with Crippen LogP contribution in [0.25, 0.3) is 0 Å². The molecule has 0 bridgehead atoms. The van der Waals surface area contributed by atoms with Gasteiger partial charge in [0.2, 0.25) is 11.8 Å². The molecule has 0 saturated carbocycles. The van der Waals surface area contributed by atoms with Gasteiger partial charge in [-0.05, 0) is 19.3 Å². The predicted molar refractivity (Wildman–Crippen MR) is 72.1 cm³/mol. The van der Waals surface area contributed by atoms with E-state index in [1.807, 2.05) is 0 Å². The minimum absolute atomic E-state index is 0.0383. The van der Waals surface area contributed by atoms with Crippen molar-refractivity contribution in [2.24, 2.45) is 5.92 Å². The molecule has 2 N–H and O–H groups in total. The molecule has 1 rings (SSSR count). The molecule has 1 aliphatic rings. The molecule has 2 amide bonds. The highest BCUT2D eigenvalue weighted by Crippen LogP contribution is 2.13. The molecule has 1 fully saturated rings. The fourth-order valence-corrected chi connectivity index (χ4v) is 2.36. The van der Waals surface area contributed by atoms with E-state index in [2.05, 4.69) is 24.5 Å². The van der Waals surface area contributed by atoms with Crippen LogP contribution in [0.2, 0.25) is 0 Å². The number of nitrogens with one attached hydrogen (secondary N) is 2. The topological polar surface area (TPSA) is 58.2 Å². The van der Waals surface area contributed by atoms with Gasteiger partial charge in [-0.15, -0.1) is 0 Å². The van der Waals surface area contributed by atoms with Gasteiger partial charge in [-0.25, -0.2) is 0 Å². The average molecular weight is 254 g/mol. The van der Waals surface area contributed by atoms with Crippen molar-refractivity contribution >= 4 is 11.8 Å². The Kier molecular flexibility index (Phi) is 6.76. The second-order valence-electron chi connectivity index (χ2n) is 5.18. The number of carbonyl (C=O) groups excluding carboxylic acids is 2. The maximum Gasteiger partial charge on any atom is 0.225 e. The first-order chi connectivity index (χ1) is 8.67. The van der Waals surface area contributed by atoms with Crippen LogP contribution in [-0.2, 0) is 9.59 Å². The normalized spacial score (nSPS) is 21.2. The van der Waals surface area contributed by atoms with Gasteiger partial charge < -0.3 is 10.6 Å². The van der Waals surface area contributed by atoms with Gasteiger partial charge in [-0.3, -0.25) is 9.59 Å². The Morgan fingerprint density at radius 2 is 2.17 bits per heavy atom. The molecule has 0 radical (unpaired) electrons. The lowest BCUT2D eigenvalue weighted by Crippen LogP contribution is -2.46. The second kappa shape index (κ2) is 8.11. The molecule has 0 spiro atoms. The molecule has 4 nitrogen and oxygen atoms in total. The van der Waals surface area contributed by atoms with E-state index < -0.39 is 0 Å². The zero-order valence-electron chi connectivity index (χ0n) is 11.6. The van der Waals surface area contributed by atoms with E-state index >= 15 is 0 Å². The highest BCUT2D eigenvalue weighted by Gasteiger charge is 2.25. The van der Waals surface area contributed by atoms with Crippen molar-refractivity contribution in [1.82, 2.24) is 10.6 Å². The summed E-state index contributed by atoms with van der Waals surface area (Å²) in [6, 6.07) is 0.306. The van der Waals surface area contributed by atoms with Crippen LogP contribution in [0.4, 0.5) is 0 Å². The van der Waals surface area contributed by atoms with Crippen LogP contribution < -0.4 is 10.6 Å². The number of carbonyl (C=O) groups is 2. The molecule has 2 atom stereocenters. The number of unbranched alkanes of at least 4 members (excludes halogenated alkanes) is 1. The van der Waals surface area contributed by atoms with Crippen LogP contribution >= 0.6 is 0 Å². The Hall–Kier alpha value is -1.06. The van der Waals surface area contributed by atoms with Gasteiger partial charge in [0.05, 0.1) is 5.92 Å². The van der Waals surface area contributed by atoms with Crippen molar-refractivity contribution in [3.8, 4) is 0 Å². The molecular formula is C14H26N2O2. The minimum atomic E-state index is -0.0383. The molecule has 0 aromatic rings. The van der Waals surface area contributed by atoms with E-state index in [0.29, 0.717) is 25.4 Å².